The molecule has 0 radical (unpaired) electrons. The molecule has 4 nitrogen and oxygen atoms in total. The third-order valence-corrected chi connectivity index (χ3v) is 9.20. The first kappa shape index (κ1) is 28.7. The number of hydrogen-bond donors (Lipinski definition) is 0. The van der Waals surface area contributed by atoms with Crippen molar-refractivity contribution in [2.24, 2.45) is 11.8 Å². The van der Waals surface area contributed by atoms with E-state index >= 15 is 0 Å². The van der Waals surface area contributed by atoms with E-state index in [1.807, 2.05) is 80.3 Å². The van der Waals surface area contributed by atoms with E-state index in [0.717, 1.165) is 29.8 Å². The van der Waals surface area contributed by atoms with Gasteiger partial charge in [0, 0.05) is 22.0 Å². The summed E-state index contributed by atoms with van der Waals surface area (Å²) in [4.78, 5) is 15.2. The van der Waals surface area contributed by atoms with Crippen LogP contribution in [0.3, 0.4) is 0 Å². The fraction of sp³-hybridized carbons (Fsp3) is 0.519. The number of nitrogens with zero attached hydrogens (tertiary/aromatic N) is 1. The van der Waals surface area contributed by atoms with Gasteiger partial charge in [-0.2, -0.15) is 0 Å². The molecule has 2 aromatic rings. The number of likely N-dealkylation sites (tertiary alicyclic amines) is 1. The molecule has 0 N–H and O–H groups in total. The van der Waals surface area contributed by atoms with E-state index in [1.165, 1.54) is 0 Å². The van der Waals surface area contributed by atoms with Crippen molar-refractivity contribution >= 4 is 38.9 Å². The standard InChI is InChI=1S/C21H32ClNO3S.C6H5Cl/c1-6-16-9-12-19(17-7-10-18(22)11-8-17)23(21(16)24)20(14(2)3)13-27(25,26)15(4)5;7-6-4-2-1-3-5-6/h7-8,10-11,14-16,19-20H,6,9,12-13H2,1-5H3;1-5H. The summed E-state index contributed by atoms with van der Waals surface area (Å²) < 4.78 is 25.4. The average molecular weight is 527 g/mol. The van der Waals surface area contributed by atoms with Crippen molar-refractivity contribution in [2.75, 3.05) is 5.75 Å². The van der Waals surface area contributed by atoms with Crippen LogP contribution in [-0.2, 0) is 14.6 Å². The summed E-state index contributed by atoms with van der Waals surface area (Å²) in [6.07, 6.45) is 2.46. The van der Waals surface area contributed by atoms with E-state index in [9.17, 15) is 13.2 Å². The Balaban J connectivity index is 0.000000497. The second-order valence-electron chi connectivity index (χ2n) is 9.48. The SMILES string of the molecule is CCC1CCC(c2ccc(Cl)cc2)N(C(CS(=O)(=O)C(C)C)C(C)C)C1=O.Clc1ccccc1. The molecule has 0 spiro atoms. The zero-order valence-electron chi connectivity index (χ0n) is 20.7. The zero-order chi connectivity index (χ0) is 25.5. The number of amides is 1. The minimum absolute atomic E-state index is 0.00853. The molecular weight excluding hydrogens is 489 g/mol. The molecule has 3 atom stereocenters. The van der Waals surface area contributed by atoms with Gasteiger partial charge in [0.25, 0.3) is 0 Å². The van der Waals surface area contributed by atoms with Gasteiger partial charge in [0.05, 0.1) is 17.0 Å². The highest BCUT2D eigenvalue weighted by Gasteiger charge is 2.42. The summed E-state index contributed by atoms with van der Waals surface area (Å²) in [6.45, 7) is 9.44. The molecule has 188 valence electrons. The third kappa shape index (κ3) is 7.73. The highest BCUT2D eigenvalue weighted by molar-refractivity contribution is 7.92. The summed E-state index contributed by atoms with van der Waals surface area (Å²) >= 11 is 11.6. The largest absolute Gasteiger partial charge is 0.331 e. The van der Waals surface area contributed by atoms with E-state index in [4.69, 9.17) is 23.2 Å². The Bertz CT molecular complexity index is 1010. The van der Waals surface area contributed by atoms with E-state index in [-0.39, 0.29) is 35.6 Å². The summed E-state index contributed by atoms with van der Waals surface area (Å²) in [5, 5.41) is 0.999. The lowest BCUT2D eigenvalue weighted by Gasteiger charge is -2.45. The van der Waals surface area contributed by atoms with Crippen LogP contribution in [0.5, 0.6) is 0 Å². The second-order valence-corrected chi connectivity index (χ2v) is 13.0. The maximum absolute atomic E-state index is 13.3. The van der Waals surface area contributed by atoms with Crippen molar-refractivity contribution in [3.63, 3.8) is 0 Å². The molecule has 0 saturated carbocycles. The number of benzene rings is 2. The smallest absolute Gasteiger partial charge is 0.226 e. The molecule has 1 aliphatic rings. The molecule has 34 heavy (non-hydrogen) atoms. The molecule has 0 bridgehead atoms. The minimum Gasteiger partial charge on any atom is -0.331 e. The molecule has 0 aliphatic carbocycles. The van der Waals surface area contributed by atoms with E-state index < -0.39 is 15.1 Å². The molecule has 7 heteroatoms. The number of sulfone groups is 1. The maximum atomic E-state index is 13.3. The van der Waals surface area contributed by atoms with Crippen LogP contribution >= 0.6 is 23.2 Å². The van der Waals surface area contributed by atoms with Gasteiger partial charge in [-0.25, -0.2) is 8.42 Å². The molecule has 3 unspecified atom stereocenters. The van der Waals surface area contributed by atoms with Gasteiger partial charge >= 0.3 is 0 Å². The quantitative estimate of drug-likeness (QED) is 0.383. The third-order valence-electron chi connectivity index (χ3n) is 6.46. The van der Waals surface area contributed by atoms with Crippen LogP contribution < -0.4 is 0 Å². The molecule has 0 aromatic heterocycles. The van der Waals surface area contributed by atoms with Gasteiger partial charge in [0.15, 0.2) is 9.84 Å². The van der Waals surface area contributed by atoms with Gasteiger partial charge in [-0.3, -0.25) is 4.79 Å². The number of carbonyl (C=O) groups excluding carboxylic acids is 1. The van der Waals surface area contributed by atoms with E-state index in [0.29, 0.717) is 5.02 Å². The lowest BCUT2D eigenvalue weighted by molar-refractivity contribution is -0.146. The van der Waals surface area contributed by atoms with Gasteiger partial charge in [-0.15, -0.1) is 0 Å². The van der Waals surface area contributed by atoms with Crippen molar-refractivity contribution in [3.8, 4) is 0 Å². The van der Waals surface area contributed by atoms with Gasteiger partial charge in [-0.1, -0.05) is 74.3 Å². The predicted molar refractivity (Wildman–Crippen MR) is 143 cm³/mol. The maximum Gasteiger partial charge on any atom is 0.226 e. The fourth-order valence-corrected chi connectivity index (χ4v) is 5.89. The average Bonchev–Trinajstić information content (AvgIpc) is 2.79. The Morgan fingerprint density at radius 2 is 1.47 bits per heavy atom. The lowest BCUT2D eigenvalue weighted by atomic mass is 9.84. The van der Waals surface area contributed by atoms with Crippen LogP contribution in [0.2, 0.25) is 10.0 Å². The molecule has 1 amide bonds. The first-order valence-electron chi connectivity index (χ1n) is 12.0. The Hall–Kier alpha value is -1.56. The van der Waals surface area contributed by atoms with Crippen molar-refractivity contribution in [2.45, 2.75) is 71.2 Å². The molecule has 1 fully saturated rings. The van der Waals surface area contributed by atoms with Crippen molar-refractivity contribution < 1.29 is 13.2 Å². The Kier molecular flexibility index (Phi) is 10.9. The van der Waals surface area contributed by atoms with E-state index in [1.54, 1.807) is 13.8 Å². The number of hydrogen-bond acceptors (Lipinski definition) is 3. The number of carbonyl (C=O) groups is 1. The highest BCUT2D eigenvalue weighted by atomic mass is 35.5. The van der Waals surface area contributed by atoms with Gasteiger partial charge < -0.3 is 4.90 Å². The summed E-state index contributed by atoms with van der Waals surface area (Å²) in [7, 11) is -3.27. The predicted octanol–water partition coefficient (Wildman–Crippen LogP) is 7.22. The molecule has 1 aliphatic heterocycles. The summed E-state index contributed by atoms with van der Waals surface area (Å²) in [5.74, 6) is 0.111. The van der Waals surface area contributed by atoms with Crippen molar-refractivity contribution in [1.82, 2.24) is 4.90 Å². The Labute approximate surface area is 215 Å². The monoisotopic (exact) mass is 525 g/mol. The Morgan fingerprint density at radius 3 is 1.91 bits per heavy atom. The van der Waals surface area contributed by atoms with E-state index in [2.05, 4.69) is 0 Å². The fourth-order valence-electron chi connectivity index (χ4n) is 4.21. The van der Waals surface area contributed by atoms with Crippen molar-refractivity contribution in [1.29, 1.82) is 0 Å². The summed E-state index contributed by atoms with van der Waals surface area (Å²) in [5.41, 5.74) is 1.02. The molecule has 3 rings (SSSR count). The molecule has 2 aromatic carbocycles. The molecule has 1 heterocycles. The normalized spacial score (nSPS) is 19.7. The second kappa shape index (κ2) is 12.9. The Morgan fingerprint density at radius 1 is 0.912 bits per heavy atom. The number of halogens is 2. The molecular formula is C27H37Cl2NO3S. The minimum atomic E-state index is -3.27. The van der Waals surface area contributed by atoms with Crippen LogP contribution in [0.15, 0.2) is 54.6 Å². The van der Waals surface area contributed by atoms with Crippen LogP contribution in [0.1, 0.15) is 65.5 Å². The lowest BCUT2D eigenvalue weighted by Crippen LogP contribution is -2.53. The van der Waals surface area contributed by atoms with Crippen molar-refractivity contribution in [3.05, 3.63) is 70.2 Å². The van der Waals surface area contributed by atoms with Gasteiger partial charge in [0.2, 0.25) is 5.91 Å². The zero-order valence-corrected chi connectivity index (χ0v) is 23.1. The van der Waals surface area contributed by atoms with Crippen LogP contribution in [-0.4, -0.2) is 36.3 Å². The molecule has 1 saturated heterocycles. The number of rotatable bonds is 7. The topological polar surface area (TPSA) is 54.5 Å². The number of piperidine rings is 1. The first-order chi connectivity index (χ1) is 16.0. The first-order valence-corrected chi connectivity index (χ1v) is 14.4. The van der Waals surface area contributed by atoms with Gasteiger partial charge in [-0.05, 0) is 68.9 Å². The van der Waals surface area contributed by atoms with Crippen LogP contribution in [0.25, 0.3) is 0 Å². The van der Waals surface area contributed by atoms with Crippen LogP contribution in [0.4, 0.5) is 0 Å². The van der Waals surface area contributed by atoms with Crippen LogP contribution in [0, 0.1) is 11.8 Å². The summed E-state index contributed by atoms with van der Waals surface area (Å²) in [6, 6.07) is 16.6. The van der Waals surface area contributed by atoms with Gasteiger partial charge in [0.1, 0.15) is 0 Å². The highest BCUT2D eigenvalue weighted by Crippen LogP contribution is 2.39.